The molecule has 0 fully saturated rings. The predicted molar refractivity (Wildman–Crippen MR) is 126 cm³/mol. The predicted octanol–water partition coefficient (Wildman–Crippen LogP) is 6.26. The van der Waals surface area contributed by atoms with Gasteiger partial charge in [0.2, 0.25) is 0 Å². The summed E-state index contributed by atoms with van der Waals surface area (Å²) in [5.41, 5.74) is 1.68. The summed E-state index contributed by atoms with van der Waals surface area (Å²) in [6.07, 6.45) is 5.54. The van der Waals surface area contributed by atoms with Crippen LogP contribution in [-0.4, -0.2) is 14.9 Å². The zero-order valence-corrected chi connectivity index (χ0v) is 19.0. The lowest BCUT2D eigenvalue weighted by Crippen LogP contribution is -2.66. The van der Waals surface area contributed by atoms with Gasteiger partial charge in [-0.25, -0.2) is 0 Å². The Morgan fingerprint density at radius 2 is 1.46 bits per heavy atom. The van der Waals surface area contributed by atoms with E-state index in [1.54, 1.807) is 6.92 Å². The third kappa shape index (κ3) is 5.56. The fraction of sp³-hybridized carbons (Fsp3) is 0.385. The molecule has 1 nitrogen and oxygen atoms in total. The van der Waals surface area contributed by atoms with Crippen molar-refractivity contribution in [3.8, 4) is 0 Å². The summed E-state index contributed by atoms with van der Waals surface area (Å²) in [5, 5.41) is 2.50. The molecule has 28 heavy (non-hydrogen) atoms. The first-order valence-corrected chi connectivity index (χ1v) is 12.0. The summed E-state index contributed by atoms with van der Waals surface area (Å²) in [6.45, 7) is 9.14. The molecule has 0 radical (unpaired) electrons. The zero-order valence-electron chi connectivity index (χ0n) is 21.0. The van der Waals surface area contributed by atoms with Crippen molar-refractivity contribution in [2.75, 3.05) is 6.61 Å². The van der Waals surface area contributed by atoms with Crippen LogP contribution in [0.4, 0.5) is 0 Å². The van der Waals surface area contributed by atoms with Crippen LogP contribution in [0.1, 0.15) is 58.4 Å². The highest BCUT2D eigenvalue weighted by Gasteiger charge is 2.49. The Morgan fingerprint density at radius 3 is 1.93 bits per heavy atom. The second kappa shape index (κ2) is 10.0. The molecule has 0 unspecified atom stereocenters. The molecular weight excluding hydrogens is 356 g/mol. The summed E-state index contributed by atoms with van der Waals surface area (Å²) in [5.74, 6) is 0. The lowest BCUT2D eigenvalue weighted by atomic mass is 10.1. The normalized spacial score (nSPS) is 15.7. The third-order valence-electron chi connectivity index (χ3n) is 5.14. The molecule has 0 N–H and O–H groups in total. The maximum absolute atomic E-state index is 7.46. The molecule has 0 spiro atoms. The van der Waals surface area contributed by atoms with Crippen LogP contribution >= 0.6 is 0 Å². The largest absolute Gasteiger partial charge is 0.404 e. The average molecular weight is 396 g/mol. The monoisotopic (exact) mass is 395 g/mol. The highest BCUT2D eigenvalue weighted by molar-refractivity contribution is 6.99. The summed E-state index contributed by atoms with van der Waals surface area (Å²) in [7, 11) is -2.52. The van der Waals surface area contributed by atoms with Crippen LogP contribution in [0.2, 0.25) is 5.04 Å². The summed E-state index contributed by atoms with van der Waals surface area (Å²) in [4.78, 5) is 0. The first-order chi connectivity index (χ1) is 14.5. The molecule has 0 aromatic heterocycles. The van der Waals surface area contributed by atoms with Gasteiger partial charge in [0.25, 0.3) is 8.32 Å². The fourth-order valence-corrected chi connectivity index (χ4v) is 8.18. The zero-order chi connectivity index (χ0) is 23.1. The molecule has 2 rings (SSSR count). The first kappa shape index (κ1) is 18.1. The molecule has 0 aliphatic rings. The molecular formula is C26H36OSi. The Kier molecular flexibility index (Phi) is 6.51. The van der Waals surface area contributed by atoms with Gasteiger partial charge in [0, 0.05) is 4.11 Å². The highest BCUT2D eigenvalue weighted by Crippen LogP contribution is 2.36. The number of rotatable bonds is 8. The van der Waals surface area contributed by atoms with Crippen LogP contribution in [0.25, 0.3) is 0 Å². The lowest BCUT2D eigenvalue weighted by molar-refractivity contribution is 0.338. The van der Waals surface area contributed by atoms with Crippen molar-refractivity contribution in [2.45, 2.75) is 59.4 Å². The van der Waals surface area contributed by atoms with E-state index < -0.39 is 15.2 Å². The molecule has 0 aliphatic heterocycles. The van der Waals surface area contributed by atoms with E-state index in [1.807, 2.05) is 6.08 Å². The third-order valence-corrected chi connectivity index (χ3v) is 10.1. The minimum atomic E-state index is -2.52. The standard InChI is InChI=1S/C26H36OSi/c1-22(2)14-13-15-23(3)20-21-27-28(26(4,5)6,24-16-9-7-10-17-24)25-18-11-8-12-19-25/h7-12,14,16-20H,13,15,21H2,1-6H3/b23-20+/i1D3/b22-14-,23-20+. The van der Waals surface area contributed by atoms with Gasteiger partial charge in [-0.05, 0) is 49.0 Å². The minimum absolute atomic E-state index is 0.0446. The minimum Gasteiger partial charge on any atom is -0.404 e. The summed E-state index contributed by atoms with van der Waals surface area (Å²) in [6, 6.07) is 21.3. The second-order valence-electron chi connectivity index (χ2n) is 8.45. The Morgan fingerprint density at radius 1 is 0.929 bits per heavy atom. The smallest absolute Gasteiger partial charge is 0.261 e. The van der Waals surface area contributed by atoms with Crippen molar-refractivity contribution in [1.29, 1.82) is 0 Å². The van der Waals surface area contributed by atoms with Gasteiger partial charge in [0.15, 0.2) is 0 Å². The molecule has 0 atom stereocenters. The molecule has 0 saturated carbocycles. The van der Waals surface area contributed by atoms with Crippen molar-refractivity contribution in [1.82, 2.24) is 0 Å². The van der Waals surface area contributed by atoms with Crippen molar-refractivity contribution in [2.24, 2.45) is 0 Å². The maximum Gasteiger partial charge on any atom is 0.261 e. The SMILES string of the molecule is [2H]C([2H])([2H])/C(C)=C/CC/C(C)=C/CO[Si](c1ccccc1)(c1ccccc1)C(C)(C)C. The van der Waals surface area contributed by atoms with Crippen LogP contribution in [0.3, 0.4) is 0 Å². The van der Waals surface area contributed by atoms with Crippen molar-refractivity contribution in [3.63, 3.8) is 0 Å². The molecule has 2 heteroatoms. The van der Waals surface area contributed by atoms with Gasteiger partial charge in [-0.15, -0.1) is 0 Å². The van der Waals surface area contributed by atoms with E-state index in [9.17, 15) is 0 Å². The van der Waals surface area contributed by atoms with Crippen molar-refractivity contribution in [3.05, 3.63) is 84.0 Å². The highest BCUT2D eigenvalue weighted by atomic mass is 28.4. The van der Waals surface area contributed by atoms with Crippen molar-refractivity contribution >= 4 is 18.7 Å². The van der Waals surface area contributed by atoms with Gasteiger partial charge >= 0.3 is 0 Å². The molecule has 2 aromatic carbocycles. The first-order valence-electron chi connectivity index (χ1n) is 11.6. The van der Waals surface area contributed by atoms with E-state index in [2.05, 4.69) is 94.4 Å². The van der Waals surface area contributed by atoms with E-state index in [0.717, 1.165) is 12.8 Å². The Balaban J connectivity index is 2.26. The van der Waals surface area contributed by atoms with Gasteiger partial charge in [0.05, 0.1) is 6.61 Å². The Hall–Kier alpha value is -1.90. The van der Waals surface area contributed by atoms with Crippen LogP contribution in [0.15, 0.2) is 84.0 Å². The molecule has 150 valence electrons. The molecule has 0 saturated heterocycles. The van der Waals surface area contributed by atoms with E-state index >= 15 is 0 Å². The molecule has 0 amide bonds. The van der Waals surface area contributed by atoms with Gasteiger partial charge < -0.3 is 4.43 Å². The molecule has 0 bridgehead atoms. The molecule has 0 heterocycles. The van der Waals surface area contributed by atoms with Crippen LogP contribution in [-0.2, 0) is 4.43 Å². The number of allylic oxidation sites excluding steroid dienone is 3. The molecule has 0 aliphatic carbocycles. The summed E-state index contributed by atoms with van der Waals surface area (Å²) >= 11 is 0. The number of hydrogen-bond acceptors (Lipinski definition) is 1. The van der Waals surface area contributed by atoms with Crippen LogP contribution in [0, 0.1) is 0 Å². The van der Waals surface area contributed by atoms with Gasteiger partial charge in [-0.1, -0.05) is 105 Å². The maximum atomic E-state index is 7.46. The lowest BCUT2D eigenvalue weighted by Gasteiger charge is -2.42. The van der Waals surface area contributed by atoms with Crippen LogP contribution < -0.4 is 10.4 Å². The Bertz CT molecular complexity index is 839. The summed E-state index contributed by atoms with van der Waals surface area (Å²) < 4.78 is 29.3. The average Bonchev–Trinajstić information content (AvgIpc) is 2.71. The van der Waals surface area contributed by atoms with E-state index in [-0.39, 0.29) is 5.04 Å². The topological polar surface area (TPSA) is 9.23 Å². The van der Waals surface area contributed by atoms with Gasteiger partial charge in [-0.2, -0.15) is 0 Å². The van der Waals surface area contributed by atoms with Gasteiger partial charge in [0.1, 0.15) is 0 Å². The Labute approximate surface area is 177 Å². The van der Waals surface area contributed by atoms with Crippen LogP contribution in [0.5, 0.6) is 0 Å². The van der Waals surface area contributed by atoms with E-state index in [0.29, 0.717) is 12.2 Å². The quantitative estimate of drug-likeness (QED) is 0.379. The number of hydrogen-bond donors (Lipinski definition) is 0. The second-order valence-corrected chi connectivity index (χ2v) is 12.8. The van der Waals surface area contributed by atoms with E-state index in [1.165, 1.54) is 15.9 Å². The molecule has 2 aromatic rings. The van der Waals surface area contributed by atoms with Gasteiger partial charge in [-0.3, -0.25) is 0 Å². The fourth-order valence-electron chi connectivity index (χ4n) is 3.69. The van der Waals surface area contributed by atoms with Crippen molar-refractivity contribution < 1.29 is 8.54 Å². The van der Waals surface area contributed by atoms with E-state index in [4.69, 9.17) is 8.54 Å². The number of benzene rings is 2.